The summed E-state index contributed by atoms with van der Waals surface area (Å²) in [6, 6.07) is 8.21. The monoisotopic (exact) mass is 323 g/mol. The SMILES string of the molecule is CCC(CCl)(CCl)NCc1cccc(Br)c1. The van der Waals surface area contributed by atoms with Gasteiger partial charge in [0, 0.05) is 28.3 Å². The van der Waals surface area contributed by atoms with Gasteiger partial charge in [-0.1, -0.05) is 35.0 Å². The zero-order valence-electron chi connectivity index (χ0n) is 9.27. The molecule has 0 aliphatic heterocycles. The first-order chi connectivity index (χ1) is 7.65. The molecule has 0 radical (unpaired) electrons. The Kier molecular flexibility index (Phi) is 6.12. The summed E-state index contributed by atoms with van der Waals surface area (Å²) >= 11 is 15.4. The van der Waals surface area contributed by atoms with Crippen molar-refractivity contribution in [3.05, 3.63) is 34.3 Å². The third-order valence-electron chi connectivity index (χ3n) is 2.74. The van der Waals surface area contributed by atoms with Crippen LogP contribution in [0.5, 0.6) is 0 Å². The van der Waals surface area contributed by atoms with E-state index in [0.717, 1.165) is 17.4 Å². The van der Waals surface area contributed by atoms with E-state index < -0.39 is 0 Å². The number of alkyl halides is 2. The lowest BCUT2D eigenvalue weighted by atomic mass is 10.0. The van der Waals surface area contributed by atoms with Gasteiger partial charge in [0.1, 0.15) is 0 Å². The van der Waals surface area contributed by atoms with Gasteiger partial charge in [0.05, 0.1) is 0 Å². The molecule has 0 unspecified atom stereocenters. The quantitative estimate of drug-likeness (QED) is 0.774. The maximum atomic E-state index is 5.97. The van der Waals surface area contributed by atoms with Gasteiger partial charge in [0.2, 0.25) is 0 Å². The van der Waals surface area contributed by atoms with E-state index in [1.807, 2.05) is 12.1 Å². The summed E-state index contributed by atoms with van der Waals surface area (Å²) < 4.78 is 1.09. The normalized spacial score (nSPS) is 11.8. The Hall–Kier alpha value is 0.240. The van der Waals surface area contributed by atoms with Gasteiger partial charge in [-0.05, 0) is 24.1 Å². The van der Waals surface area contributed by atoms with Gasteiger partial charge in [-0.2, -0.15) is 0 Å². The molecule has 0 saturated heterocycles. The lowest BCUT2D eigenvalue weighted by Gasteiger charge is -2.29. The molecule has 1 aromatic carbocycles. The van der Waals surface area contributed by atoms with Crippen molar-refractivity contribution in [2.45, 2.75) is 25.4 Å². The van der Waals surface area contributed by atoms with E-state index in [1.54, 1.807) is 0 Å². The number of halogens is 3. The van der Waals surface area contributed by atoms with E-state index in [1.165, 1.54) is 5.56 Å². The summed E-state index contributed by atoms with van der Waals surface area (Å²) in [6.07, 6.45) is 0.925. The van der Waals surface area contributed by atoms with Crippen LogP contribution in [-0.4, -0.2) is 17.3 Å². The Morgan fingerprint density at radius 3 is 2.50 bits per heavy atom. The second-order valence-corrected chi connectivity index (χ2v) is 5.33. The molecule has 0 heterocycles. The number of benzene rings is 1. The topological polar surface area (TPSA) is 12.0 Å². The Morgan fingerprint density at radius 2 is 2.00 bits per heavy atom. The molecular weight excluding hydrogens is 309 g/mol. The van der Waals surface area contributed by atoms with E-state index in [0.29, 0.717) is 11.8 Å². The predicted molar refractivity (Wildman–Crippen MR) is 75.4 cm³/mol. The van der Waals surface area contributed by atoms with Gasteiger partial charge in [0.25, 0.3) is 0 Å². The largest absolute Gasteiger partial charge is 0.305 e. The highest BCUT2D eigenvalue weighted by molar-refractivity contribution is 9.10. The molecule has 16 heavy (non-hydrogen) atoms. The van der Waals surface area contributed by atoms with Crippen molar-refractivity contribution in [2.75, 3.05) is 11.8 Å². The maximum Gasteiger partial charge on any atom is 0.0453 e. The first-order valence-electron chi connectivity index (χ1n) is 5.27. The van der Waals surface area contributed by atoms with Crippen LogP contribution in [0.15, 0.2) is 28.7 Å². The Bertz CT molecular complexity index is 318. The number of nitrogens with one attached hydrogen (secondary N) is 1. The van der Waals surface area contributed by atoms with Gasteiger partial charge in [-0.25, -0.2) is 0 Å². The number of hydrogen-bond acceptors (Lipinski definition) is 1. The fourth-order valence-electron chi connectivity index (χ4n) is 1.38. The van der Waals surface area contributed by atoms with Crippen LogP contribution in [0.1, 0.15) is 18.9 Å². The summed E-state index contributed by atoms with van der Waals surface area (Å²) in [7, 11) is 0. The lowest BCUT2D eigenvalue weighted by Crippen LogP contribution is -2.47. The highest BCUT2D eigenvalue weighted by Gasteiger charge is 2.25. The Morgan fingerprint density at radius 1 is 1.31 bits per heavy atom. The second kappa shape index (κ2) is 6.85. The molecule has 0 aliphatic carbocycles. The minimum absolute atomic E-state index is 0.161. The molecule has 0 spiro atoms. The molecule has 4 heteroatoms. The molecule has 1 aromatic rings. The summed E-state index contributed by atoms with van der Waals surface area (Å²) in [6.45, 7) is 2.88. The first kappa shape index (κ1) is 14.3. The molecule has 90 valence electrons. The third kappa shape index (κ3) is 3.92. The second-order valence-electron chi connectivity index (χ2n) is 3.88. The third-order valence-corrected chi connectivity index (χ3v) is 4.26. The summed E-state index contributed by atoms with van der Waals surface area (Å²) in [5.41, 5.74) is 1.06. The summed E-state index contributed by atoms with van der Waals surface area (Å²) in [5, 5.41) is 3.44. The van der Waals surface area contributed by atoms with Crippen molar-refractivity contribution in [2.24, 2.45) is 0 Å². The minimum atomic E-state index is -0.161. The van der Waals surface area contributed by atoms with Crippen molar-refractivity contribution < 1.29 is 0 Å². The van der Waals surface area contributed by atoms with Crippen molar-refractivity contribution in [3.8, 4) is 0 Å². The van der Waals surface area contributed by atoms with Crippen LogP contribution in [0.4, 0.5) is 0 Å². The van der Waals surface area contributed by atoms with Gasteiger partial charge in [0.15, 0.2) is 0 Å². The van der Waals surface area contributed by atoms with Crippen LogP contribution in [-0.2, 0) is 6.54 Å². The van der Waals surface area contributed by atoms with Gasteiger partial charge >= 0.3 is 0 Å². The molecule has 0 aliphatic rings. The van der Waals surface area contributed by atoms with Crippen molar-refractivity contribution >= 4 is 39.1 Å². The smallest absolute Gasteiger partial charge is 0.0453 e. The lowest BCUT2D eigenvalue weighted by molar-refractivity contribution is 0.384. The first-order valence-corrected chi connectivity index (χ1v) is 7.13. The van der Waals surface area contributed by atoms with Crippen molar-refractivity contribution in [1.29, 1.82) is 0 Å². The van der Waals surface area contributed by atoms with E-state index in [4.69, 9.17) is 23.2 Å². The van der Waals surface area contributed by atoms with E-state index in [-0.39, 0.29) is 5.54 Å². The van der Waals surface area contributed by atoms with E-state index in [2.05, 4.69) is 40.3 Å². The van der Waals surface area contributed by atoms with Gasteiger partial charge in [-0.3, -0.25) is 0 Å². The molecule has 0 saturated carbocycles. The van der Waals surface area contributed by atoms with Gasteiger partial charge in [-0.15, -0.1) is 23.2 Å². The summed E-state index contributed by atoms with van der Waals surface area (Å²) in [5.74, 6) is 1.06. The fraction of sp³-hybridized carbons (Fsp3) is 0.500. The number of hydrogen-bond donors (Lipinski definition) is 1. The van der Waals surface area contributed by atoms with Crippen LogP contribution in [0.3, 0.4) is 0 Å². The molecule has 0 bridgehead atoms. The zero-order valence-corrected chi connectivity index (χ0v) is 12.4. The van der Waals surface area contributed by atoms with Crippen molar-refractivity contribution in [3.63, 3.8) is 0 Å². The molecule has 0 aromatic heterocycles. The predicted octanol–water partition coefficient (Wildman–Crippen LogP) is 4.17. The minimum Gasteiger partial charge on any atom is -0.305 e. The standard InChI is InChI=1S/C12H16BrCl2N/c1-2-12(8-14,9-15)16-7-10-4-3-5-11(13)6-10/h3-6,16H,2,7-9H2,1H3. The highest BCUT2D eigenvalue weighted by atomic mass is 79.9. The maximum absolute atomic E-state index is 5.97. The summed E-state index contributed by atoms with van der Waals surface area (Å²) in [4.78, 5) is 0. The molecule has 0 fully saturated rings. The highest BCUT2D eigenvalue weighted by Crippen LogP contribution is 2.17. The molecule has 1 rings (SSSR count). The molecular formula is C12H16BrCl2N. The Balaban J connectivity index is 2.62. The van der Waals surface area contributed by atoms with Crippen LogP contribution in [0, 0.1) is 0 Å². The van der Waals surface area contributed by atoms with E-state index in [9.17, 15) is 0 Å². The van der Waals surface area contributed by atoms with Crippen LogP contribution < -0.4 is 5.32 Å². The van der Waals surface area contributed by atoms with Crippen LogP contribution in [0.2, 0.25) is 0 Å². The van der Waals surface area contributed by atoms with Crippen LogP contribution in [0.25, 0.3) is 0 Å². The number of rotatable bonds is 6. The fourth-order valence-corrected chi connectivity index (χ4v) is 2.68. The van der Waals surface area contributed by atoms with Crippen molar-refractivity contribution in [1.82, 2.24) is 5.32 Å². The molecule has 1 nitrogen and oxygen atoms in total. The molecule has 0 atom stereocenters. The van der Waals surface area contributed by atoms with E-state index >= 15 is 0 Å². The Labute approximate surface area is 116 Å². The zero-order chi connectivity index (χ0) is 12.0. The molecule has 1 N–H and O–H groups in total. The molecule has 0 amide bonds. The average molecular weight is 325 g/mol. The average Bonchev–Trinajstić information content (AvgIpc) is 2.32. The van der Waals surface area contributed by atoms with Gasteiger partial charge < -0.3 is 5.32 Å². The van der Waals surface area contributed by atoms with Crippen LogP contribution >= 0.6 is 39.1 Å².